The third-order valence-electron chi connectivity index (χ3n) is 6.08. The van der Waals surface area contributed by atoms with Crippen molar-refractivity contribution in [3.05, 3.63) is 70.4 Å². The van der Waals surface area contributed by atoms with Gasteiger partial charge in [0, 0.05) is 68.6 Å². The molecule has 0 unspecified atom stereocenters. The molecule has 0 saturated carbocycles. The van der Waals surface area contributed by atoms with Gasteiger partial charge in [0.2, 0.25) is 5.95 Å². The first kappa shape index (κ1) is 21.7. The Morgan fingerprint density at radius 3 is 2.53 bits per heavy atom. The molecule has 1 fully saturated rings. The van der Waals surface area contributed by atoms with Gasteiger partial charge in [-0.2, -0.15) is 10.1 Å². The number of terminal acetylenes is 1. The second kappa shape index (κ2) is 9.00. The van der Waals surface area contributed by atoms with Crippen LogP contribution in [0.15, 0.2) is 53.6 Å². The second-order valence-electron chi connectivity index (χ2n) is 8.50. The van der Waals surface area contributed by atoms with Crippen LogP contribution in [0.1, 0.15) is 11.3 Å². The summed E-state index contributed by atoms with van der Waals surface area (Å²) >= 11 is 0. The van der Waals surface area contributed by atoms with Gasteiger partial charge >= 0.3 is 0 Å². The van der Waals surface area contributed by atoms with Crippen molar-refractivity contribution < 1.29 is 0 Å². The maximum Gasteiger partial charge on any atom is 0.253 e. The highest BCUT2D eigenvalue weighted by molar-refractivity contribution is 5.82. The largest absolute Gasteiger partial charge is 0.369 e. The molecule has 34 heavy (non-hydrogen) atoms. The molecule has 0 amide bonds. The van der Waals surface area contributed by atoms with E-state index in [1.807, 2.05) is 31.4 Å². The SMILES string of the molecule is C#Cc1cc(=O)n(Cc2ccn(C)n2)c2nc(Nc3ccc(N4CCN(C)CC4)cc3)ncc12. The summed E-state index contributed by atoms with van der Waals surface area (Å²) in [7, 11) is 3.99. The number of rotatable bonds is 5. The number of aromatic nitrogens is 5. The Labute approximate surface area is 197 Å². The van der Waals surface area contributed by atoms with E-state index in [9.17, 15) is 4.79 Å². The van der Waals surface area contributed by atoms with Crippen LogP contribution in [0.5, 0.6) is 0 Å². The number of hydrogen-bond donors (Lipinski definition) is 1. The van der Waals surface area contributed by atoms with E-state index >= 15 is 0 Å². The van der Waals surface area contributed by atoms with E-state index in [2.05, 4.69) is 55.3 Å². The second-order valence-corrected chi connectivity index (χ2v) is 8.50. The van der Waals surface area contributed by atoms with Crippen LogP contribution in [0.2, 0.25) is 0 Å². The van der Waals surface area contributed by atoms with Crippen molar-refractivity contribution in [1.82, 2.24) is 29.2 Å². The summed E-state index contributed by atoms with van der Waals surface area (Å²) in [6.07, 6.45) is 9.14. The van der Waals surface area contributed by atoms with Gasteiger partial charge in [0.25, 0.3) is 5.56 Å². The molecular weight excluding hydrogens is 428 g/mol. The normalized spacial score (nSPS) is 14.3. The Morgan fingerprint density at radius 1 is 1.09 bits per heavy atom. The highest BCUT2D eigenvalue weighted by Crippen LogP contribution is 2.22. The molecule has 1 N–H and O–H groups in total. The van der Waals surface area contributed by atoms with E-state index in [1.165, 1.54) is 11.8 Å². The number of benzene rings is 1. The van der Waals surface area contributed by atoms with E-state index in [1.54, 1.807) is 15.4 Å². The lowest BCUT2D eigenvalue weighted by molar-refractivity contribution is 0.313. The minimum Gasteiger partial charge on any atom is -0.369 e. The molecule has 9 heteroatoms. The van der Waals surface area contributed by atoms with Crippen LogP contribution in [0, 0.1) is 12.3 Å². The van der Waals surface area contributed by atoms with Crippen molar-refractivity contribution in [2.24, 2.45) is 7.05 Å². The van der Waals surface area contributed by atoms with Crippen molar-refractivity contribution >= 4 is 28.4 Å². The first-order chi connectivity index (χ1) is 16.5. The zero-order valence-electron chi connectivity index (χ0n) is 19.3. The van der Waals surface area contributed by atoms with Crippen molar-refractivity contribution in [2.75, 3.05) is 43.4 Å². The molecule has 0 spiro atoms. The fourth-order valence-electron chi connectivity index (χ4n) is 4.14. The number of anilines is 3. The van der Waals surface area contributed by atoms with Crippen LogP contribution >= 0.6 is 0 Å². The molecule has 0 atom stereocenters. The number of aryl methyl sites for hydroxylation is 1. The molecule has 1 aromatic carbocycles. The molecule has 3 aromatic heterocycles. The average molecular weight is 455 g/mol. The topological polar surface area (TPSA) is 84.1 Å². The van der Waals surface area contributed by atoms with Crippen LogP contribution in [-0.2, 0) is 13.6 Å². The maximum absolute atomic E-state index is 12.8. The van der Waals surface area contributed by atoms with Gasteiger partial charge in [-0.1, -0.05) is 5.92 Å². The van der Waals surface area contributed by atoms with Crippen molar-refractivity contribution in [2.45, 2.75) is 6.54 Å². The van der Waals surface area contributed by atoms with E-state index in [0.717, 1.165) is 37.6 Å². The first-order valence-electron chi connectivity index (χ1n) is 11.2. The summed E-state index contributed by atoms with van der Waals surface area (Å²) in [5.74, 6) is 2.97. The van der Waals surface area contributed by atoms with Crippen LogP contribution in [-0.4, -0.2) is 62.4 Å². The Hall–Kier alpha value is -4.16. The molecule has 172 valence electrons. The minimum atomic E-state index is -0.229. The summed E-state index contributed by atoms with van der Waals surface area (Å²) in [4.78, 5) is 26.7. The Bertz CT molecular complexity index is 1420. The van der Waals surface area contributed by atoms with Crippen LogP contribution < -0.4 is 15.8 Å². The minimum absolute atomic E-state index is 0.229. The lowest BCUT2D eigenvalue weighted by Gasteiger charge is -2.34. The predicted molar refractivity (Wildman–Crippen MR) is 133 cm³/mol. The molecular formula is C25H26N8O. The summed E-state index contributed by atoms with van der Waals surface area (Å²) in [5.41, 5.74) is 3.53. The fraction of sp³-hybridized carbons (Fsp3) is 0.280. The number of nitrogens with zero attached hydrogens (tertiary/aromatic N) is 7. The summed E-state index contributed by atoms with van der Waals surface area (Å²) in [6, 6.07) is 11.5. The van der Waals surface area contributed by atoms with Gasteiger partial charge in [0.05, 0.1) is 17.6 Å². The highest BCUT2D eigenvalue weighted by atomic mass is 16.1. The third-order valence-corrected chi connectivity index (χ3v) is 6.08. The van der Waals surface area contributed by atoms with Gasteiger partial charge in [-0.3, -0.25) is 14.0 Å². The van der Waals surface area contributed by atoms with Crippen molar-refractivity contribution in [1.29, 1.82) is 0 Å². The van der Waals surface area contributed by atoms with Crippen LogP contribution in [0.4, 0.5) is 17.3 Å². The van der Waals surface area contributed by atoms with Gasteiger partial charge in [-0.25, -0.2) is 4.98 Å². The Balaban J connectivity index is 1.44. The molecule has 9 nitrogen and oxygen atoms in total. The number of nitrogens with one attached hydrogen (secondary N) is 1. The Morgan fingerprint density at radius 2 is 1.85 bits per heavy atom. The molecule has 1 aliphatic heterocycles. The van der Waals surface area contributed by atoms with E-state index in [0.29, 0.717) is 22.5 Å². The van der Waals surface area contributed by atoms with Crippen molar-refractivity contribution in [3.63, 3.8) is 0 Å². The third kappa shape index (κ3) is 4.36. The summed E-state index contributed by atoms with van der Waals surface area (Å²) in [5, 5.41) is 8.29. The molecule has 5 rings (SSSR count). The zero-order chi connectivity index (χ0) is 23.7. The van der Waals surface area contributed by atoms with E-state index < -0.39 is 0 Å². The predicted octanol–water partition coefficient (Wildman–Crippen LogP) is 2.05. The number of fused-ring (bicyclic) bond motifs is 1. The standard InChI is InChI=1S/C25H26N8O/c1-4-18-15-23(34)33(17-20-9-10-31(3)29-20)24-22(18)16-26-25(28-24)27-19-5-7-21(8-6-19)32-13-11-30(2)12-14-32/h1,5-10,15-16H,11-14,17H2,2-3H3,(H,26,27,28). The Kier molecular flexibility index (Phi) is 5.74. The van der Waals surface area contributed by atoms with Gasteiger partial charge in [0.15, 0.2) is 0 Å². The van der Waals surface area contributed by atoms with Gasteiger partial charge < -0.3 is 15.1 Å². The molecule has 4 heterocycles. The number of hydrogen-bond acceptors (Lipinski definition) is 7. The number of likely N-dealkylation sites (N-methyl/N-ethyl adjacent to an activating group) is 1. The van der Waals surface area contributed by atoms with E-state index in [4.69, 9.17) is 6.42 Å². The highest BCUT2D eigenvalue weighted by Gasteiger charge is 2.15. The zero-order valence-corrected chi connectivity index (χ0v) is 19.3. The smallest absolute Gasteiger partial charge is 0.253 e. The fourth-order valence-corrected chi connectivity index (χ4v) is 4.14. The van der Waals surface area contributed by atoms with Gasteiger partial charge in [-0.05, 0) is 37.4 Å². The summed E-state index contributed by atoms with van der Waals surface area (Å²) in [6.45, 7) is 4.44. The van der Waals surface area contributed by atoms with Gasteiger partial charge in [0.1, 0.15) is 5.65 Å². The van der Waals surface area contributed by atoms with Crippen LogP contribution in [0.3, 0.4) is 0 Å². The van der Waals surface area contributed by atoms with Gasteiger partial charge in [-0.15, -0.1) is 6.42 Å². The van der Waals surface area contributed by atoms with Crippen molar-refractivity contribution in [3.8, 4) is 12.3 Å². The molecule has 1 aliphatic rings. The molecule has 4 aromatic rings. The average Bonchev–Trinajstić information content (AvgIpc) is 3.26. The monoisotopic (exact) mass is 454 g/mol. The maximum atomic E-state index is 12.8. The molecule has 0 radical (unpaired) electrons. The lowest BCUT2D eigenvalue weighted by atomic mass is 10.2. The number of pyridine rings is 1. The molecule has 0 aliphatic carbocycles. The molecule has 1 saturated heterocycles. The summed E-state index contributed by atoms with van der Waals surface area (Å²) < 4.78 is 3.27. The quantitative estimate of drug-likeness (QED) is 0.462. The van der Waals surface area contributed by atoms with Crippen LogP contribution in [0.25, 0.3) is 11.0 Å². The first-order valence-corrected chi connectivity index (χ1v) is 11.2. The number of piperazine rings is 1. The molecule has 0 bridgehead atoms. The van der Waals surface area contributed by atoms with E-state index in [-0.39, 0.29) is 12.1 Å². The lowest BCUT2D eigenvalue weighted by Crippen LogP contribution is -2.44.